The number of nitrogens with two attached hydrogens (primary N) is 1. The quantitative estimate of drug-likeness (QED) is 0.760. The molecule has 0 aromatic heterocycles. The fourth-order valence-electron chi connectivity index (χ4n) is 2.12. The molecular formula is C13H26N2O3. The molecule has 0 aromatic carbocycles. The monoisotopic (exact) mass is 258 g/mol. The summed E-state index contributed by atoms with van der Waals surface area (Å²) < 4.78 is 10.9. The minimum atomic E-state index is -0.351. The summed E-state index contributed by atoms with van der Waals surface area (Å²) in [5.41, 5.74) is 5.52. The Bertz CT molecular complexity index is 276. The van der Waals surface area contributed by atoms with Gasteiger partial charge in [-0.1, -0.05) is 20.8 Å². The zero-order chi connectivity index (χ0) is 13.8. The molecule has 1 rings (SSSR count). The first kappa shape index (κ1) is 15.4. The molecule has 106 valence electrons. The van der Waals surface area contributed by atoms with Gasteiger partial charge in [0.15, 0.2) is 0 Å². The first-order valence-corrected chi connectivity index (χ1v) is 6.54. The van der Waals surface area contributed by atoms with E-state index in [0.717, 1.165) is 12.8 Å². The van der Waals surface area contributed by atoms with Crippen LogP contribution in [0.5, 0.6) is 0 Å². The fraction of sp³-hybridized carbons (Fsp3) is 0.923. The molecule has 0 aromatic rings. The van der Waals surface area contributed by atoms with Crippen LogP contribution in [0.2, 0.25) is 0 Å². The van der Waals surface area contributed by atoms with E-state index < -0.39 is 0 Å². The Kier molecular flexibility index (Phi) is 5.56. The van der Waals surface area contributed by atoms with Crippen LogP contribution in [0.15, 0.2) is 0 Å². The molecule has 18 heavy (non-hydrogen) atoms. The maximum Gasteiger partial charge on any atom is 0.249 e. The predicted octanol–water partition coefficient (Wildman–Crippen LogP) is 0.670. The maximum atomic E-state index is 11.9. The molecule has 1 amide bonds. The standard InChI is InChI=1S/C13H26N2O3/c1-13(2,3)11(17-4)8-15-12(16)10-6-5-9(7-14)18-10/h9-11H,5-8,14H2,1-4H3,(H,15,16)/t9-,10+,11?/m1/s1. The van der Waals surface area contributed by atoms with Crippen LogP contribution >= 0.6 is 0 Å². The van der Waals surface area contributed by atoms with Gasteiger partial charge in [-0.05, 0) is 18.3 Å². The molecule has 0 bridgehead atoms. The molecule has 0 spiro atoms. The van der Waals surface area contributed by atoms with Crippen molar-refractivity contribution in [1.29, 1.82) is 0 Å². The van der Waals surface area contributed by atoms with Gasteiger partial charge in [-0.25, -0.2) is 0 Å². The number of carbonyl (C=O) groups excluding carboxylic acids is 1. The lowest BCUT2D eigenvalue weighted by Gasteiger charge is -2.29. The molecule has 3 N–H and O–H groups in total. The topological polar surface area (TPSA) is 73.6 Å². The Morgan fingerprint density at radius 3 is 2.61 bits per heavy atom. The van der Waals surface area contributed by atoms with Crippen LogP contribution in [0, 0.1) is 5.41 Å². The highest BCUT2D eigenvalue weighted by molar-refractivity contribution is 5.81. The third kappa shape index (κ3) is 4.23. The average Bonchev–Trinajstić information content (AvgIpc) is 2.76. The molecule has 3 atom stereocenters. The number of rotatable bonds is 5. The van der Waals surface area contributed by atoms with Crippen molar-refractivity contribution >= 4 is 5.91 Å². The predicted molar refractivity (Wildman–Crippen MR) is 70.2 cm³/mol. The summed E-state index contributed by atoms with van der Waals surface area (Å²) in [4.78, 5) is 11.9. The largest absolute Gasteiger partial charge is 0.379 e. The van der Waals surface area contributed by atoms with Crippen LogP contribution in [-0.2, 0) is 14.3 Å². The molecule has 1 saturated heterocycles. The summed E-state index contributed by atoms with van der Waals surface area (Å²) in [7, 11) is 1.67. The SMILES string of the molecule is COC(CNC(=O)[C@@H]1CC[C@H](CN)O1)C(C)(C)C. The summed E-state index contributed by atoms with van der Waals surface area (Å²) in [5, 5.41) is 2.90. The van der Waals surface area contributed by atoms with Crippen molar-refractivity contribution < 1.29 is 14.3 Å². The summed E-state index contributed by atoms with van der Waals surface area (Å²) in [6, 6.07) is 0. The second-order valence-electron chi connectivity index (χ2n) is 5.90. The van der Waals surface area contributed by atoms with Crippen LogP contribution in [0.4, 0.5) is 0 Å². The number of hydrogen-bond donors (Lipinski definition) is 2. The van der Waals surface area contributed by atoms with Crippen molar-refractivity contribution in [2.75, 3.05) is 20.2 Å². The number of amides is 1. The fourth-order valence-corrected chi connectivity index (χ4v) is 2.12. The van der Waals surface area contributed by atoms with Crippen LogP contribution in [0.25, 0.3) is 0 Å². The van der Waals surface area contributed by atoms with E-state index in [9.17, 15) is 4.79 Å². The van der Waals surface area contributed by atoms with E-state index in [1.807, 2.05) is 0 Å². The Balaban J connectivity index is 2.37. The Morgan fingerprint density at radius 2 is 2.17 bits per heavy atom. The van der Waals surface area contributed by atoms with E-state index in [2.05, 4.69) is 26.1 Å². The van der Waals surface area contributed by atoms with Gasteiger partial charge in [-0.15, -0.1) is 0 Å². The zero-order valence-corrected chi connectivity index (χ0v) is 11.9. The maximum absolute atomic E-state index is 11.9. The van der Waals surface area contributed by atoms with Crippen LogP contribution in [-0.4, -0.2) is 44.4 Å². The number of nitrogens with one attached hydrogen (secondary N) is 1. The van der Waals surface area contributed by atoms with Gasteiger partial charge >= 0.3 is 0 Å². The molecular weight excluding hydrogens is 232 g/mol. The lowest BCUT2D eigenvalue weighted by molar-refractivity contribution is -0.132. The van der Waals surface area contributed by atoms with E-state index in [-0.39, 0.29) is 29.6 Å². The number of ether oxygens (including phenoxy) is 2. The van der Waals surface area contributed by atoms with Crippen molar-refractivity contribution in [3.05, 3.63) is 0 Å². The molecule has 1 aliphatic rings. The molecule has 0 radical (unpaired) electrons. The third-order valence-corrected chi connectivity index (χ3v) is 3.38. The minimum absolute atomic E-state index is 0.00163. The molecule has 1 fully saturated rings. The van der Waals surface area contributed by atoms with E-state index in [4.69, 9.17) is 15.2 Å². The van der Waals surface area contributed by atoms with Gasteiger partial charge in [-0.2, -0.15) is 0 Å². The Morgan fingerprint density at radius 1 is 1.50 bits per heavy atom. The van der Waals surface area contributed by atoms with Crippen molar-refractivity contribution in [2.24, 2.45) is 11.1 Å². The molecule has 1 aliphatic heterocycles. The summed E-state index contributed by atoms with van der Waals surface area (Å²) in [6.45, 7) is 7.25. The third-order valence-electron chi connectivity index (χ3n) is 3.38. The lowest BCUT2D eigenvalue weighted by atomic mass is 9.89. The second kappa shape index (κ2) is 6.50. The smallest absolute Gasteiger partial charge is 0.249 e. The normalized spacial score (nSPS) is 26.1. The lowest BCUT2D eigenvalue weighted by Crippen LogP contribution is -2.44. The molecule has 0 aliphatic carbocycles. The summed E-state index contributed by atoms with van der Waals surface area (Å²) in [6.07, 6.45) is 1.29. The van der Waals surface area contributed by atoms with E-state index in [0.29, 0.717) is 13.1 Å². The van der Waals surface area contributed by atoms with Crippen molar-refractivity contribution in [2.45, 2.75) is 51.9 Å². The Hall–Kier alpha value is -0.650. The summed E-state index contributed by atoms with van der Waals surface area (Å²) >= 11 is 0. The first-order valence-electron chi connectivity index (χ1n) is 6.54. The first-order chi connectivity index (χ1) is 8.38. The van der Waals surface area contributed by atoms with E-state index >= 15 is 0 Å². The number of hydrogen-bond acceptors (Lipinski definition) is 4. The second-order valence-corrected chi connectivity index (χ2v) is 5.90. The Labute approximate surface area is 109 Å². The van der Waals surface area contributed by atoms with Crippen LogP contribution < -0.4 is 11.1 Å². The van der Waals surface area contributed by atoms with Gasteiger partial charge in [-0.3, -0.25) is 4.79 Å². The van der Waals surface area contributed by atoms with Crippen molar-refractivity contribution in [3.63, 3.8) is 0 Å². The minimum Gasteiger partial charge on any atom is -0.379 e. The highest BCUT2D eigenvalue weighted by atomic mass is 16.5. The van der Waals surface area contributed by atoms with Gasteiger partial charge in [0.25, 0.3) is 0 Å². The molecule has 0 saturated carbocycles. The number of methoxy groups -OCH3 is 1. The van der Waals surface area contributed by atoms with Gasteiger partial charge < -0.3 is 20.5 Å². The van der Waals surface area contributed by atoms with Gasteiger partial charge in [0.2, 0.25) is 5.91 Å². The molecule has 5 nitrogen and oxygen atoms in total. The van der Waals surface area contributed by atoms with E-state index in [1.165, 1.54) is 0 Å². The van der Waals surface area contributed by atoms with Gasteiger partial charge in [0, 0.05) is 20.2 Å². The summed E-state index contributed by atoms with van der Waals surface area (Å²) in [5.74, 6) is -0.0581. The van der Waals surface area contributed by atoms with Crippen LogP contribution in [0.3, 0.4) is 0 Å². The molecule has 5 heteroatoms. The van der Waals surface area contributed by atoms with E-state index in [1.54, 1.807) is 7.11 Å². The number of carbonyl (C=O) groups is 1. The highest BCUT2D eigenvalue weighted by Gasteiger charge is 2.31. The van der Waals surface area contributed by atoms with Gasteiger partial charge in [0.1, 0.15) is 6.10 Å². The average molecular weight is 258 g/mol. The molecule has 1 heterocycles. The van der Waals surface area contributed by atoms with Gasteiger partial charge in [0.05, 0.1) is 12.2 Å². The van der Waals surface area contributed by atoms with Crippen molar-refractivity contribution in [3.8, 4) is 0 Å². The zero-order valence-electron chi connectivity index (χ0n) is 11.9. The van der Waals surface area contributed by atoms with Crippen molar-refractivity contribution in [1.82, 2.24) is 5.32 Å². The highest BCUT2D eigenvalue weighted by Crippen LogP contribution is 2.22. The molecule has 1 unspecified atom stereocenters. The van der Waals surface area contributed by atoms with Crippen LogP contribution in [0.1, 0.15) is 33.6 Å².